The van der Waals surface area contributed by atoms with E-state index in [4.69, 9.17) is 0 Å². The number of fused-ring (bicyclic) bond motifs is 2. The Morgan fingerprint density at radius 3 is 2.85 bits per heavy atom. The van der Waals surface area contributed by atoms with Gasteiger partial charge in [-0.1, -0.05) is 19.4 Å². The van der Waals surface area contributed by atoms with Gasteiger partial charge >= 0.3 is 0 Å². The maximum absolute atomic E-state index is 13.6. The maximum Gasteiger partial charge on any atom is 0.123 e. The summed E-state index contributed by atoms with van der Waals surface area (Å²) in [4.78, 5) is 0. The molecule has 2 bridgehead atoms. The zero-order valence-corrected chi connectivity index (χ0v) is 12.7. The van der Waals surface area contributed by atoms with Crippen molar-refractivity contribution in [2.45, 2.75) is 46.0 Å². The molecule has 20 heavy (non-hydrogen) atoms. The summed E-state index contributed by atoms with van der Waals surface area (Å²) in [5.41, 5.74) is 2.83. The molecular weight excluding hydrogens is 249 g/mol. The highest BCUT2D eigenvalue weighted by Crippen LogP contribution is 2.57. The number of benzene rings is 1. The third-order valence-corrected chi connectivity index (χ3v) is 5.68. The topological polar surface area (TPSA) is 12.0 Å². The van der Waals surface area contributed by atoms with Gasteiger partial charge in [-0.3, -0.25) is 0 Å². The SMILES string of the molecule is CCNCC1(Cc2cc(F)ccc2C)CC2CCC1C2. The number of hydrogen-bond donors (Lipinski definition) is 1. The number of nitrogens with one attached hydrogen (secondary N) is 1. The third kappa shape index (κ3) is 2.50. The molecule has 0 radical (unpaired) electrons. The minimum atomic E-state index is -0.0904. The molecule has 2 fully saturated rings. The summed E-state index contributed by atoms with van der Waals surface area (Å²) in [6.45, 7) is 6.42. The summed E-state index contributed by atoms with van der Waals surface area (Å²) in [6, 6.07) is 5.27. The molecule has 2 heteroatoms. The fraction of sp³-hybridized carbons (Fsp3) is 0.667. The monoisotopic (exact) mass is 275 g/mol. The van der Waals surface area contributed by atoms with E-state index in [0.717, 1.165) is 31.3 Å². The first-order valence-electron chi connectivity index (χ1n) is 8.09. The van der Waals surface area contributed by atoms with Crippen LogP contribution in [0.5, 0.6) is 0 Å². The van der Waals surface area contributed by atoms with Gasteiger partial charge < -0.3 is 5.32 Å². The quantitative estimate of drug-likeness (QED) is 0.853. The Labute approximate surface area is 122 Å². The summed E-state index contributed by atoms with van der Waals surface area (Å²) in [7, 11) is 0. The van der Waals surface area contributed by atoms with Crippen LogP contribution in [0, 0.1) is 30.0 Å². The first kappa shape index (κ1) is 14.1. The Morgan fingerprint density at radius 1 is 1.35 bits per heavy atom. The van der Waals surface area contributed by atoms with E-state index in [9.17, 15) is 4.39 Å². The van der Waals surface area contributed by atoms with Crippen molar-refractivity contribution in [2.75, 3.05) is 13.1 Å². The van der Waals surface area contributed by atoms with Crippen LogP contribution in [0.15, 0.2) is 18.2 Å². The molecule has 0 heterocycles. The van der Waals surface area contributed by atoms with Gasteiger partial charge in [0.1, 0.15) is 5.82 Å². The van der Waals surface area contributed by atoms with E-state index in [1.165, 1.54) is 36.8 Å². The summed E-state index contributed by atoms with van der Waals surface area (Å²) < 4.78 is 13.6. The molecule has 0 saturated heterocycles. The summed E-state index contributed by atoms with van der Waals surface area (Å²) >= 11 is 0. The molecular formula is C18H26FN. The maximum atomic E-state index is 13.6. The largest absolute Gasteiger partial charge is 0.316 e. The number of aryl methyl sites for hydroxylation is 1. The zero-order valence-electron chi connectivity index (χ0n) is 12.7. The van der Waals surface area contributed by atoms with Crippen LogP contribution in [0.3, 0.4) is 0 Å². The van der Waals surface area contributed by atoms with Gasteiger partial charge in [0, 0.05) is 6.54 Å². The predicted molar refractivity (Wildman–Crippen MR) is 81.3 cm³/mol. The van der Waals surface area contributed by atoms with Crippen molar-refractivity contribution in [1.29, 1.82) is 0 Å². The Kier molecular flexibility index (Phi) is 3.85. The van der Waals surface area contributed by atoms with Crippen molar-refractivity contribution in [3.05, 3.63) is 35.1 Å². The lowest BCUT2D eigenvalue weighted by Gasteiger charge is -2.39. The Balaban J connectivity index is 1.85. The van der Waals surface area contributed by atoms with Gasteiger partial charge in [0.05, 0.1) is 0 Å². The van der Waals surface area contributed by atoms with Crippen molar-refractivity contribution in [3.8, 4) is 0 Å². The number of halogens is 1. The second kappa shape index (κ2) is 5.48. The zero-order chi connectivity index (χ0) is 14.2. The van der Waals surface area contributed by atoms with E-state index in [0.29, 0.717) is 5.41 Å². The molecule has 2 saturated carbocycles. The second-order valence-electron chi connectivity index (χ2n) is 6.97. The summed E-state index contributed by atoms with van der Waals surface area (Å²) in [5, 5.41) is 3.58. The lowest BCUT2D eigenvalue weighted by molar-refractivity contribution is 0.157. The molecule has 0 amide bonds. The van der Waals surface area contributed by atoms with E-state index >= 15 is 0 Å². The van der Waals surface area contributed by atoms with Crippen molar-refractivity contribution in [2.24, 2.45) is 17.3 Å². The molecule has 2 aliphatic carbocycles. The first-order chi connectivity index (χ1) is 9.63. The molecule has 110 valence electrons. The van der Waals surface area contributed by atoms with Crippen LogP contribution < -0.4 is 5.32 Å². The van der Waals surface area contributed by atoms with Gasteiger partial charge in [-0.25, -0.2) is 4.39 Å². The van der Waals surface area contributed by atoms with Crippen LogP contribution in [-0.2, 0) is 6.42 Å². The Hall–Kier alpha value is -0.890. The number of rotatable bonds is 5. The molecule has 3 unspecified atom stereocenters. The molecule has 0 aromatic heterocycles. The average Bonchev–Trinajstić information content (AvgIpc) is 3.02. The minimum Gasteiger partial charge on any atom is -0.316 e. The van der Waals surface area contributed by atoms with Crippen molar-refractivity contribution >= 4 is 0 Å². The smallest absolute Gasteiger partial charge is 0.123 e. The Morgan fingerprint density at radius 2 is 2.20 bits per heavy atom. The molecule has 3 atom stereocenters. The fourth-order valence-electron chi connectivity index (χ4n) is 4.64. The van der Waals surface area contributed by atoms with Gasteiger partial charge in [-0.15, -0.1) is 0 Å². The fourth-order valence-corrected chi connectivity index (χ4v) is 4.64. The van der Waals surface area contributed by atoms with Crippen LogP contribution in [-0.4, -0.2) is 13.1 Å². The molecule has 0 spiro atoms. The van der Waals surface area contributed by atoms with Gasteiger partial charge in [0.15, 0.2) is 0 Å². The average molecular weight is 275 g/mol. The van der Waals surface area contributed by atoms with Gasteiger partial charge in [-0.2, -0.15) is 0 Å². The van der Waals surface area contributed by atoms with E-state index in [2.05, 4.69) is 19.2 Å². The van der Waals surface area contributed by atoms with Crippen molar-refractivity contribution < 1.29 is 4.39 Å². The van der Waals surface area contributed by atoms with Crippen LogP contribution in [0.1, 0.15) is 43.7 Å². The van der Waals surface area contributed by atoms with E-state index in [1.807, 2.05) is 6.07 Å². The normalized spacial score (nSPS) is 31.9. The highest BCUT2D eigenvalue weighted by Gasteiger charge is 2.50. The van der Waals surface area contributed by atoms with Crippen LogP contribution in [0.2, 0.25) is 0 Å². The van der Waals surface area contributed by atoms with Crippen molar-refractivity contribution in [1.82, 2.24) is 5.32 Å². The highest BCUT2D eigenvalue weighted by molar-refractivity contribution is 5.28. The van der Waals surface area contributed by atoms with E-state index in [1.54, 1.807) is 12.1 Å². The summed E-state index contributed by atoms with van der Waals surface area (Å²) in [6.07, 6.45) is 6.58. The third-order valence-electron chi connectivity index (χ3n) is 5.68. The van der Waals surface area contributed by atoms with E-state index in [-0.39, 0.29) is 5.82 Å². The van der Waals surface area contributed by atoms with Crippen LogP contribution in [0.4, 0.5) is 4.39 Å². The van der Waals surface area contributed by atoms with Crippen LogP contribution in [0.25, 0.3) is 0 Å². The lowest BCUT2D eigenvalue weighted by atomic mass is 9.69. The standard InChI is InChI=1S/C18H26FN/c1-3-20-12-18(10-14-5-6-16(18)8-14)11-15-9-17(19)7-4-13(15)2/h4,7,9,14,16,20H,3,5-6,8,10-12H2,1-2H3. The highest BCUT2D eigenvalue weighted by atomic mass is 19.1. The van der Waals surface area contributed by atoms with Crippen molar-refractivity contribution in [3.63, 3.8) is 0 Å². The van der Waals surface area contributed by atoms with Crippen LogP contribution >= 0.6 is 0 Å². The van der Waals surface area contributed by atoms with Gasteiger partial charge in [-0.05, 0) is 79.7 Å². The molecule has 3 rings (SSSR count). The number of hydrogen-bond acceptors (Lipinski definition) is 1. The first-order valence-corrected chi connectivity index (χ1v) is 8.09. The lowest BCUT2D eigenvalue weighted by Crippen LogP contribution is -2.40. The van der Waals surface area contributed by atoms with Gasteiger partial charge in [0.2, 0.25) is 0 Å². The molecule has 0 aliphatic heterocycles. The second-order valence-corrected chi connectivity index (χ2v) is 6.97. The minimum absolute atomic E-state index is 0.0904. The van der Waals surface area contributed by atoms with E-state index < -0.39 is 0 Å². The molecule has 1 aromatic rings. The Bertz CT molecular complexity index is 484. The molecule has 1 nitrogen and oxygen atoms in total. The summed E-state index contributed by atoms with van der Waals surface area (Å²) in [5.74, 6) is 1.68. The van der Waals surface area contributed by atoms with Gasteiger partial charge in [0.25, 0.3) is 0 Å². The molecule has 2 aliphatic rings. The molecule has 1 N–H and O–H groups in total. The predicted octanol–water partition coefficient (Wildman–Crippen LogP) is 4.09. The molecule has 1 aromatic carbocycles.